The lowest BCUT2D eigenvalue weighted by atomic mass is 10.2. The smallest absolute Gasteiger partial charge is 0.277 e. The minimum Gasteiger partial charge on any atom is -0.411 e. The average molecular weight is 415 g/mol. The molecule has 1 N–H and O–H groups in total. The molecule has 0 aliphatic carbocycles. The Kier molecular flexibility index (Phi) is 5.86. The molecular weight excluding hydrogens is 405 g/mol. The predicted octanol–water partition coefficient (Wildman–Crippen LogP) is 5.43. The van der Waals surface area contributed by atoms with Crippen LogP contribution >= 0.6 is 46.6 Å². The van der Waals surface area contributed by atoms with E-state index in [0.29, 0.717) is 32.2 Å². The van der Waals surface area contributed by atoms with Crippen molar-refractivity contribution in [1.82, 2.24) is 10.2 Å². The first-order valence-electron chi connectivity index (χ1n) is 6.99. The number of aromatic nitrogens is 2. The Hall–Kier alpha value is -1.73. The molecule has 25 heavy (non-hydrogen) atoms. The SMILES string of the molecule is O=C(CSc1nnc(-c2ccccc2Cl)o1)Nc1c(Cl)cccc1Cl. The van der Waals surface area contributed by atoms with Crippen LogP contribution in [0.2, 0.25) is 15.1 Å². The van der Waals surface area contributed by atoms with Gasteiger partial charge in [-0.05, 0) is 24.3 Å². The fourth-order valence-electron chi connectivity index (χ4n) is 1.93. The van der Waals surface area contributed by atoms with Crippen molar-refractivity contribution in [2.45, 2.75) is 5.22 Å². The number of hydrogen-bond donors (Lipinski definition) is 1. The van der Waals surface area contributed by atoms with E-state index in [-0.39, 0.29) is 16.9 Å². The number of thioether (sulfide) groups is 1. The van der Waals surface area contributed by atoms with E-state index in [9.17, 15) is 4.79 Å². The summed E-state index contributed by atoms with van der Waals surface area (Å²) in [6, 6.07) is 12.1. The zero-order chi connectivity index (χ0) is 17.8. The molecule has 128 valence electrons. The molecule has 0 aliphatic heterocycles. The fourth-order valence-corrected chi connectivity index (χ4v) is 3.20. The molecule has 0 saturated carbocycles. The van der Waals surface area contributed by atoms with Gasteiger partial charge in [-0.2, -0.15) is 0 Å². The number of para-hydroxylation sites is 1. The highest BCUT2D eigenvalue weighted by Gasteiger charge is 2.14. The largest absolute Gasteiger partial charge is 0.411 e. The Morgan fingerprint density at radius 3 is 2.40 bits per heavy atom. The van der Waals surface area contributed by atoms with Crippen LogP contribution in [0.5, 0.6) is 0 Å². The summed E-state index contributed by atoms with van der Waals surface area (Å²) in [5, 5.41) is 12.0. The standard InChI is InChI=1S/C16H10Cl3N3O2S/c17-10-5-2-1-4-9(10)15-21-22-16(24-15)25-8-13(23)20-14-11(18)6-3-7-12(14)19/h1-7H,8H2,(H,20,23). The highest BCUT2D eigenvalue weighted by atomic mass is 35.5. The van der Waals surface area contributed by atoms with E-state index in [4.69, 9.17) is 39.2 Å². The second kappa shape index (κ2) is 8.10. The van der Waals surface area contributed by atoms with E-state index in [0.717, 1.165) is 11.8 Å². The van der Waals surface area contributed by atoms with Crippen molar-refractivity contribution >= 4 is 58.2 Å². The lowest BCUT2D eigenvalue weighted by Crippen LogP contribution is -2.14. The molecule has 0 bridgehead atoms. The first kappa shape index (κ1) is 18.1. The summed E-state index contributed by atoms with van der Waals surface area (Å²) in [5.41, 5.74) is 1.01. The summed E-state index contributed by atoms with van der Waals surface area (Å²) in [4.78, 5) is 12.1. The van der Waals surface area contributed by atoms with E-state index in [1.54, 1.807) is 30.3 Å². The summed E-state index contributed by atoms with van der Waals surface area (Å²) < 4.78 is 5.52. The maximum absolute atomic E-state index is 12.1. The van der Waals surface area contributed by atoms with Crippen LogP contribution in [0.15, 0.2) is 52.1 Å². The minimum atomic E-state index is -0.294. The molecule has 1 heterocycles. The first-order chi connectivity index (χ1) is 12.0. The summed E-state index contributed by atoms with van der Waals surface area (Å²) in [7, 11) is 0. The molecule has 3 rings (SSSR count). The van der Waals surface area contributed by atoms with Gasteiger partial charge in [-0.25, -0.2) is 0 Å². The van der Waals surface area contributed by atoms with Crippen molar-refractivity contribution in [1.29, 1.82) is 0 Å². The number of amides is 1. The monoisotopic (exact) mass is 413 g/mol. The Bertz CT molecular complexity index is 897. The third kappa shape index (κ3) is 4.46. The Morgan fingerprint density at radius 2 is 1.68 bits per heavy atom. The molecule has 0 unspecified atom stereocenters. The van der Waals surface area contributed by atoms with Gasteiger partial charge in [-0.3, -0.25) is 4.79 Å². The van der Waals surface area contributed by atoms with Gasteiger partial charge in [0.2, 0.25) is 11.8 Å². The van der Waals surface area contributed by atoms with Gasteiger partial charge < -0.3 is 9.73 Å². The summed E-state index contributed by atoms with van der Waals surface area (Å²) >= 11 is 19.2. The number of halogens is 3. The predicted molar refractivity (Wildman–Crippen MR) is 101 cm³/mol. The van der Waals surface area contributed by atoms with Crippen LogP contribution in [0.4, 0.5) is 5.69 Å². The minimum absolute atomic E-state index is 0.0612. The molecule has 0 radical (unpaired) electrons. The summed E-state index contributed by atoms with van der Waals surface area (Å²) in [5.74, 6) is 0.0614. The number of nitrogens with zero attached hydrogens (tertiary/aromatic N) is 2. The normalized spacial score (nSPS) is 10.7. The highest BCUT2D eigenvalue weighted by molar-refractivity contribution is 7.99. The summed E-state index contributed by atoms with van der Waals surface area (Å²) in [6.07, 6.45) is 0. The first-order valence-corrected chi connectivity index (χ1v) is 9.11. The number of carbonyl (C=O) groups is 1. The lowest BCUT2D eigenvalue weighted by molar-refractivity contribution is -0.113. The van der Waals surface area contributed by atoms with E-state index in [1.807, 2.05) is 12.1 Å². The van der Waals surface area contributed by atoms with E-state index in [2.05, 4.69) is 15.5 Å². The molecule has 0 aliphatic rings. The number of rotatable bonds is 5. The molecule has 0 spiro atoms. The zero-order valence-electron chi connectivity index (χ0n) is 12.5. The maximum atomic E-state index is 12.1. The Labute approximate surface area is 162 Å². The molecule has 1 aromatic heterocycles. The number of hydrogen-bond acceptors (Lipinski definition) is 5. The Balaban J connectivity index is 1.63. The van der Waals surface area contributed by atoms with Crippen LogP contribution in [-0.2, 0) is 4.79 Å². The maximum Gasteiger partial charge on any atom is 0.277 e. The average Bonchev–Trinajstić information content (AvgIpc) is 3.06. The van der Waals surface area contributed by atoms with Crippen molar-refractivity contribution in [3.63, 3.8) is 0 Å². The van der Waals surface area contributed by atoms with Crippen LogP contribution in [-0.4, -0.2) is 21.9 Å². The molecule has 0 fully saturated rings. The molecule has 0 atom stereocenters. The van der Waals surface area contributed by atoms with Crippen molar-refractivity contribution in [2.75, 3.05) is 11.1 Å². The quantitative estimate of drug-likeness (QED) is 0.564. The van der Waals surface area contributed by atoms with Crippen LogP contribution < -0.4 is 5.32 Å². The molecule has 9 heteroatoms. The molecule has 0 saturated heterocycles. The number of nitrogens with one attached hydrogen (secondary N) is 1. The van der Waals surface area contributed by atoms with Crippen molar-refractivity contribution in [3.05, 3.63) is 57.5 Å². The fraction of sp³-hybridized carbons (Fsp3) is 0.0625. The topological polar surface area (TPSA) is 68.0 Å². The zero-order valence-corrected chi connectivity index (χ0v) is 15.6. The molecular formula is C16H10Cl3N3O2S. The van der Waals surface area contributed by atoms with Crippen molar-refractivity contribution < 1.29 is 9.21 Å². The lowest BCUT2D eigenvalue weighted by Gasteiger charge is -2.08. The van der Waals surface area contributed by atoms with Gasteiger partial charge in [-0.1, -0.05) is 64.8 Å². The van der Waals surface area contributed by atoms with Gasteiger partial charge in [0.05, 0.1) is 32.1 Å². The van der Waals surface area contributed by atoms with E-state index in [1.165, 1.54) is 0 Å². The van der Waals surface area contributed by atoms with E-state index < -0.39 is 0 Å². The highest BCUT2D eigenvalue weighted by Crippen LogP contribution is 2.31. The third-order valence-corrected chi connectivity index (χ3v) is 4.84. The molecule has 1 amide bonds. The van der Waals surface area contributed by atoms with Gasteiger partial charge in [0.25, 0.3) is 5.22 Å². The van der Waals surface area contributed by atoms with Crippen molar-refractivity contribution in [3.8, 4) is 11.5 Å². The second-order valence-corrected chi connectivity index (χ2v) is 6.93. The van der Waals surface area contributed by atoms with Gasteiger partial charge in [0.15, 0.2) is 0 Å². The number of benzene rings is 2. The van der Waals surface area contributed by atoms with Crippen LogP contribution in [0.25, 0.3) is 11.5 Å². The van der Waals surface area contributed by atoms with Crippen LogP contribution in [0.3, 0.4) is 0 Å². The molecule has 5 nitrogen and oxygen atoms in total. The van der Waals surface area contributed by atoms with Gasteiger partial charge in [-0.15, -0.1) is 10.2 Å². The molecule has 3 aromatic rings. The van der Waals surface area contributed by atoms with E-state index >= 15 is 0 Å². The number of carbonyl (C=O) groups excluding carboxylic acids is 1. The Morgan fingerprint density at radius 1 is 1.00 bits per heavy atom. The molecule has 2 aromatic carbocycles. The van der Waals surface area contributed by atoms with Gasteiger partial charge >= 0.3 is 0 Å². The van der Waals surface area contributed by atoms with Gasteiger partial charge in [0.1, 0.15) is 0 Å². The van der Waals surface area contributed by atoms with Gasteiger partial charge in [0, 0.05) is 0 Å². The van der Waals surface area contributed by atoms with Crippen LogP contribution in [0, 0.1) is 0 Å². The summed E-state index contributed by atoms with van der Waals surface area (Å²) in [6.45, 7) is 0. The van der Waals surface area contributed by atoms with Crippen LogP contribution in [0.1, 0.15) is 0 Å². The number of anilines is 1. The van der Waals surface area contributed by atoms with Crippen molar-refractivity contribution in [2.24, 2.45) is 0 Å². The second-order valence-electron chi connectivity index (χ2n) is 4.79. The third-order valence-electron chi connectivity index (χ3n) is 3.06.